The molecule has 15 heavy (non-hydrogen) atoms. The molecule has 0 aliphatic rings. The van der Waals surface area contributed by atoms with E-state index in [4.69, 9.17) is 20.8 Å². The molecule has 0 saturated carbocycles. The molecule has 0 atom stereocenters. The first-order valence-electron chi connectivity index (χ1n) is 4.56. The molecular formula is C11H9ClO3. The molecule has 0 bridgehead atoms. The van der Waals surface area contributed by atoms with E-state index in [-0.39, 0.29) is 10.5 Å². The van der Waals surface area contributed by atoms with Gasteiger partial charge in [0, 0.05) is 6.07 Å². The second-order valence-electron chi connectivity index (χ2n) is 3.00. The first-order valence-corrected chi connectivity index (χ1v) is 4.94. The molecule has 0 saturated heterocycles. The lowest BCUT2D eigenvalue weighted by atomic mass is 10.2. The van der Waals surface area contributed by atoms with Gasteiger partial charge in [0.15, 0.2) is 0 Å². The molecule has 3 nitrogen and oxygen atoms in total. The number of rotatable bonds is 2. The van der Waals surface area contributed by atoms with Crippen molar-refractivity contribution in [3.05, 3.63) is 39.7 Å². The highest BCUT2D eigenvalue weighted by atomic mass is 35.5. The van der Waals surface area contributed by atoms with Crippen LogP contribution in [0.3, 0.4) is 0 Å². The molecule has 2 aromatic rings. The molecule has 0 amide bonds. The largest absolute Gasteiger partial charge is 0.494 e. The molecule has 0 aliphatic heterocycles. The van der Waals surface area contributed by atoms with Crippen LogP contribution in [0, 0.1) is 0 Å². The van der Waals surface area contributed by atoms with E-state index < -0.39 is 0 Å². The van der Waals surface area contributed by atoms with Gasteiger partial charge in [0.1, 0.15) is 22.6 Å². The fourth-order valence-electron chi connectivity index (χ4n) is 1.34. The van der Waals surface area contributed by atoms with Crippen LogP contribution in [-0.2, 0) is 0 Å². The first-order chi connectivity index (χ1) is 7.22. The van der Waals surface area contributed by atoms with Crippen molar-refractivity contribution in [2.24, 2.45) is 0 Å². The van der Waals surface area contributed by atoms with Crippen molar-refractivity contribution in [3.63, 3.8) is 0 Å². The molecule has 0 unspecified atom stereocenters. The minimum absolute atomic E-state index is 0.0895. The summed E-state index contributed by atoms with van der Waals surface area (Å²) in [6.07, 6.45) is 1.24. The van der Waals surface area contributed by atoms with Gasteiger partial charge in [0.2, 0.25) is 5.43 Å². The molecular weight excluding hydrogens is 216 g/mol. The average Bonchev–Trinajstić information content (AvgIpc) is 2.24. The third-order valence-corrected chi connectivity index (χ3v) is 2.28. The molecule has 0 fully saturated rings. The predicted molar refractivity (Wildman–Crippen MR) is 58.7 cm³/mol. The van der Waals surface area contributed by atoms with Crippen molar-refractivity contribution in [3.8, 4) is 5.75 Å². The van der Waals surface area contributed by atoms with Crippen LogP contribution in [0.1, 0.15) is 6.92 Å². The molecule has 78 valence electrons. The number of ether oxygens (including phenoxy) is 1. The predicted octanol–water partition coefficient (Wildman–Crippen LogP) is 2.85. The van der Waals surface area contributed by atoms with Gasteiger partial charge in [-0.2, -0.15) is 0 Å². The molecule has 4 heteroatoms. The van der Waals surface area contributed by atoms with Gasteiger partial charge >= 0.3 is 0 Å². The summed E-state index contributed by atoms with van der Waals surface area (Å²) in [5, 5.41) is 0.553. The third-order valence-electron chi connectivity index (χ3n) is 2.01. The summed E-state index contributed by atoms with van der Waals surface area (Å²) in [6, 6.07) is 5.05. The van der Waals surface area contributed by atoms with Crippen molar-refractivity contribution in [2.75, 3.05) is 6.61 Å². The summed E-state index contributed by atoms with van der Waals surface area (Å²) >= 11 is 5.65. The Hall–Kier alpha value is -1.48. The molecule has 0 spiro atoms. The van der Waals surface area contributed by atoms with Crippen LogP contribution in [0.2, 0.25) is 5.02 Å². The lowest BCUT2D eigenvalue weighted by molar-refractivity contribution is 0.340. The minimum Gasteiger partial charge on any atom is -0.494 e. The van der Waals surface area contributed by atoms with Crippen LogP contribution in [-0.4, -0.2) is 6.61 Å². The maximum absolute atomic E-state index is 11.6. The van der Waals surface area contributed by atoms with Crippen LogP contribution in [0.5, 0.6) is 5.75 Å². The van der Waals surface area contributed by atoms with Gasteiger partial charge in [0.05, 0.1) is 12.0 Å². The normalized spacial score (nSPS) is 10.5. The Morgan fingerprint density at radius 3 is 3.00 bits per heavy atom. The topological polar surface area (TPSA) is 39.4 Å². The maximum Gasteiger partial charge on any atom is 0.211 e. The standard InChI is InChI=1S/C11H9ClO3/c1-2-14-7-3-4-8-10(5-7)15-6-9(12)11(8)13/h3-6H,2H2,1H3. The Bertz CT molecular complexity index is 545. The lowest BCUT2D eigenvalue weighted by Crippen LogP contribution is -2.01. The van der Waals surface area contributed by atoms with E-state index in [1.807, 2.05) is 6.92 Å². The quantitative estimate of drug-likeness (QED) is 0.788. The number of benzene rings is 1. The Morgan fingerprint density at radius 1 is 1.47 bits per heavy atom. The highest BCUT2D eigenvalue weighted by Crippen LogP contribution is 2.20. The maximum atomic E-state index is 11.6. The summed E-state index contributed by atoms with van der Waals surface area (Å²) in [5.41, 5.74) is 0.260. The van der Waals surface area contributed by atoms with Gasteiger partial charge in [-0.15, -0.1) is 0 Å². The van der Waals surface area contributed by atoms with Crippen LogP contribution in [0.25, 0.3) is 11.0 Å². The smallest absolute Gasteiger partial charge is 0.211 e. The average molecular weight is 225 g/mol. The van der Waals surface area contributed by atoms with Gasteiger partial charge < -0.3 is 9.15 Å². The second-order valence-corrected chi connectivity index (χ2v) is 3.41. The van der Waals surface area contributed by atoms with Gasteiger partial charge in [-0.3, -0.25) is 4.79 Å². The first kappa shape index (κ1) is 10.1. The van der Waals surface area contributed by atoms with E-state index in [2.05, 4.69) is 0 Å². The Kier molecular flexibility index (Phi) is 2.64. The number of fused-ring (bicyclic) bond motifs is 1. The van der Waals surface area contributed by atoms with E-state index in [1.54, 1.807) is 18.2 Å². The molecule has 1 aromatic carbocycles. The van der Waals surface area contributed by atoms with E-state index in [0.29, 0.717) is 23.3 Å². The van der Waals surface area contributed by atoms with Gasteiger partial charge in [0.25, 0.3) is 0 Å². The van der Waals surface area contributed by atoms with Crippen molar-refractivity contribution >= 4 is 22.6 Å². The fourth-order valence-corrected chi connectivity index (χ4v) is 1.49. The molecule has 2 rings (SSSR count). The van der Waals surface area contributed by atoms with Gasteiger partial charge in [-0.05, 0) is 19.1 Å². The molecule has 1 heterocycles. The van der Waals surface area contributed by atoms with E-state index in [1.165, 1.54) is 6.26 Å². The minimum atomic E-state index is -0.221. The zero-order valence-electron chi connectivity index (χ0n) is 8.12. The monoisotopic (exact) mass is 224 g/mol. The number of hydrogen-bond acceptors (Lipinski definition) is 3. The summed E-state index contributed by atoms with van der Waals surface area (Å²) in [7, 11) is 0. The molecule has 0 aliphatic carbocycles. The third kappa shape index (κ3) is 1.83. The number of hydrogen-bond donors (Lipinski definition) is 0. The van der Waals surface area contributed by atoms with E-state index >= 15 is 0 Å². The van der Waals surface area contributed by atoms with E-state index in [9.17, 15) is 4.79 Å². The summed E-state index contributed by atoms with van der Waals surface area (Å²) in [6.45, 7) is 2.46. The zero-order valence-corrected chi connectivity index (χ0v) is 8.88. The highest BCUT2D eigenvalue weighted by molar-refractivity contribution is 6.30. The van der Waals surface area contributed by atoms with Gasteiger partial charge in [-0.25, -0.2) is 0 Å². The Morgan fingerprint density at radius 2 is 2.27 bits per heavy atom. The van der Waals surface area contributed by atoms with Crippen LogP contribution in [0.15, 0.2) is 33.7 Å². The van der Waals surface area contributed by atoms with Crippen molar-refractivity contribution in [1.82, 2.24) is 0 Å². The summed E-state index contributed by atoms with van der Waals surface area (Å²) in [5.74, 6) is 0.676. The van der Waals surface area contributed by atoms with Gasteiger partial charge in [-0.1, -0.05) is 11.6 Å². The fraction of sp³-hybridized carbons (Fsp3) is 0.182. The zero-order chi connectivity index (χ0) is 10.8. The number of halogens is 1. The SMILES string of the molecule is CCOc1ccc2c(=O)c(Cl)coc2c1. The molecule has 0 N–H and O–H groups in total. The van der Waals surface area contributed by atoms with Crippen molar-refractivity contribution in [1.29, 1.82) is 0 Å². The summed E-state index contributed by atoms with van der Waals surface area (Å²) in [4.78, 5) is 11.6. The molecule has 0 radical (unpaired) electrons. The lowest BCUT2D eigenvalue weighted by Gasteiger charge is -2.03. The van der Waals surface area contributed by atoms with Crippen molar-refractivity contribution < 1.29 is 9.15 Å². The second kappa shape index (κ2) is 3.95. The summed E-state index contributed by atoms with van der Waals surface area (Å²) < 4.78 is 10.5. The Labute approximate surface area is 91.2 Å². The van der Waals surface area contributed by atoms with Crippen LogP contribution < -0.4 is 10.2 Å². The Balaban J connectivity index is 2.65. The van der Waals surface area contributed by atoms with Crippen molar-refractivity contribution in [2.45, 2.75) is 6.92 Å². The highest BCUT2D eigenvalue weighted by Gasteiger charge is 2.05. The van der Waals surface area contributed by atoms with Crippen LogP contribution in [0.4, 0.5) is 0 Å². The van der Waals surface area contributed by atoms with Crippen LogP contribution >= 0.6 is 11.6 Å². The van der Waals surface area contributed by atoms with E-state index in [0.717, 1.165) is 0 Å². The molecule has 1 aromatic heterocycles.